The summed E-state index contributed by atoms with van der Waals surface area (Å²) in [6.07, 6.45) is 8.21. The van der Waals surface area contributed by atoms with Gasteiger partial charge in [0.15, 0.2) is 5.78 Å². The number of hydrogen-bond donors (Lipinski definition) is 0. The van der Waals surface area contributed by atoms with E-state index in [-0.39, 0.29) is 63.4 Å². The number of methoxy groups -OCH3 is 3. The largest absolute Gasteiger partial charge is 0.469 e. The molecular formula is C33H50O5. The van der Waals surface area contributed by atoms with Gasteiger partial charge in [-0.25, -0.2) is 0 Å². The third-order valence-electron chi connectivity index (χ3n) is 12.7. The molecule has 0 aromatic carbocycles. The zero-order chi connectivity index (χ0) is 28.1. The molecule has 5 aliphatic carbocycles. The Morgan fingerprint density at radius 3 is 2.16 bits per heavy atom. The molecule has 0 aromatic rings. The number of rotatable bonds is 3. The monoisotopic (exact) mass is 526 g/mol. The highest BCUT2D eigenvalue weighted by atomic mass is 16.5. The Balaban J connectivity index is 1.65. The molecule has 4 fully saturated rings. The van der Waals surface area contributed by atoms with Gasteiger partial charge in [-0.3, -0.25) is 9.59 Å². The van der Waals surface area contributed by atoms with Crippen molar-refractivity contribution in [1.82, 2.24) is 0 Å². The Morgan fingerprint density at radius 2 is 1.55 bits per heavy atom. The number of ketones is 1. The van der Waals surface area contributed by atoms with Crippen LogP contribution in [-0.4, -0.2) is 45.3 Å². The maximum atomic E-state index is 14.5. The third kappa shape index (κ3) is 3.42. The molecule has 0 spiro atoms. The first-order valence-corrected chi connectivity index (χ1v) is 14.7. The highest BCUT2D eigenvalue weighted by Crippen LogP contribution is 2.71. The van der Waals surface area contributed by atoms with Gasteiger partial charge in [-0.1, -0.05) is 53.7 Å². The van der Waals surface area contributed by atoms with Gasteiger partial charge < -0.3 is 14.2 Å². The summed E-state index contributed by atoms with van der Waals surface area (Å²) in [6.45, 7) is 18.4. The minimum atomic E-state index is -0.543. The van der Waals surface area contributed by atoms with E-state index in [9.17, 15) is 9.59 Å². The van der Waals surface area contributed by atoms with Gasteiger partial charge in [-0.2, -0.15) is 0 Å². The Morgan fingerprint density at radius 1 is 0.921 bits per heavy atom. The summed E-state index contributed by atoms with van der Waals surface area (Å²) in [7, 11) is 5.06. The molecule has 38 heavy (non-hydrogen) atoms. The zero-order valence-electron chi connectivity index (χ0n) is 25.2. The van der Waals surface area contributed by atoms with Crippen LogP contribution in [-0.2, 0) is 23.8 Å². The van der Waals surface area contributed by atoms with Crippen LogP contribution in [0.25, 0.3) is 0 Å². The van der Waals surface area contributed by atoms with E-state index in [0.29, 0.717) is 5.92 Å². The van der Waals surface area contributed by atoms with E-state index >= 15 is 0 Å². The van der Waals surface area contributed by atoms with Crippen LogP contribution in [0.2, 0.25) is 0 Å². The van der Waals surface area contributed by atoms with Crippen LogP contribution in [0.5, 0.6) is 0 Å². The normalized spacial score (nSPS) is 47.1. The smallest absolute Gasteiger partial charge is 0.312 e. The van der Waals surface area contributed by atoms with E-state index in [4.69, 9.17) is 14.2 Å². The summed E-state index contributed by atoms with van der Waals surface area (Å²) in [5.74, 6) is 0.556. The van der Waals surface area contributed by atoms with Gasteiger partial charge in [0.1, 0.15) is 0 Å². The van der Waals surface area contributed by atoms with E-state index in [2.05, 4.69) is 48.1 Å². The number of carbonyl (C=O) groups is 2. The number of fused-ring (bicyclic) bond motifs is 7. The predicted molar refractivity (Wildman–Crippen MR) is 148 cm³/mol. The lowest BCUT2D eigenvalue weighted by molar-refractivity contribution is -0.188. The number of ether oxygens (including phenoxy) is 3. The first-order valence-electron chi connectivity index (χ1n) is 14.7. The van der Waals surface area contributed by atoms with Crippen molar-refractivity contribution >= 4 is 11.8 Å². The van der Waals surface area contributed by atoms with Crippen molar-refractivity contribution in [3.63, 3.8) is 0 Å². The molecule has 0 unspecified atom stereocenters. The van der Waals surface area contributed by atoms with Crippen LogP contribution < -0.4 is 0 Å². The van der Waals surface area contributed by atoms with Gasteiger partial charge in [0.05, 0.1) is 24.7 Å². The quantitative estimate of drug-likeness (QED) is 0.308. The van der Waals surface area contributed by atoms with Gasteiger partial charge in [-0.15, -0.1) is 0 Å². The summed E-state index contributed by atoms with van der Waals surface area (Å²) >= 11 is 0. The van der Waals surface area contributed by atoms with Gasteiger partial charge in [0.2, 0.25) is 0 Å². The SMILES string of the molecule is C=C1[C@@H](OC)[C@]2(C)C3=CC(=O)[C@@H]4[C@@H]5CC(C)(C)CC[C@]5(C(=O)OC)CC[C@@]4(C)[C@@H]3CC[C@H]2C(C)(C)[C@H]1OC. The van der Waals surface area contributed by atoms with Crippen LogP contribution >= 0.6 is 0 Å². The Kier molecular flexibility index (Phi) is 6.48. The summed E-state index contributed by atoms with van der Waals surface area (Å²) in [5, 5.41) is 0. The minimum absolute atomic E-state index is 0.0159. The van der Waals surface area contributed by atoms with Crippen molar-refractivity contribution in [2.75, 3.05) is 21.3 Å². The molecule has 5 rings (SSSR count). The van der Waals surface area contributed by atoms with Crippen LogP contribution in [0.3, 0.4) is 0 Å². The molecule has 4 saturated carbocycles. The summed E-state index contributed by atoms with van der Waals surface area (Å²) < 4.78 is 17.7. The second-order valence-corrected chi connectivity index (χ2v) is 15.2. The molecule has 0 heterocycles. The molecule has 5 aliphatic rings. The molecule has 0 aromatic heterocycles. The van der Waals surface area contributed by atoms with Gasteiger partial charge in [0.25, 0.3) is 0 Å². The maximum Gasteiger partial charge on any atom is 0.312 e. The van der Waals surface area contributed by atoms with E-state index in [1.165, 1.54) is 12.7 Å². The predicted octanol–water partition coefficient (Wildman–Crippen LogP) is 6.56. The first-order chi connectivity index (χ1) is 17.7. The second kappa shape index (κ2) is 8.77. The fraction of sp³-hybridized carbons (Fsp3) is 0.818. The first kappa shape index (κ1) is 28.1. The Hall–Kier alpha value is -1.46. The van der Waals surface area contributed by atoms with E-state index in [1.54, 1.807) is 14.2 Å². The van der Waals surface area contributed by atoms with Crippen molar-refractivity contribution in [2.24, 2.45) is 50.7 Å². The molecule has 5 nitrogen and oxygen atoms in total. The lowest BCUT2D eigenvalue weighted by Gasteiger charge is -2.67. The van der Waals surface area contributed by atoms with Crippen LogP contribution in [0.4, 0.5) is 0 Å². The Bertz CT molecular complexity index is 1070. The maximum absolute atomic E-state index is 14.5. The number of allylic oxidation sites excluding steroid dienone is 1. The lowest BCUT2D eigenvalue weighted by atomic mass is 9.37. The molecule has 0 N–H and O–H groups in total. The van der Waals surface area contributed by atoms with E-state index in [0.717, 1.165) is 50.5 Å². The minimum Gasteiger partial charge on any atom is -0.469 e. The average Bonchev–Trinajstić information content (AvgIpc) is 2.83. The van der Waals surface area contributed by atoms with Gasteiger partial charge >= 0.3 is 5.97 Å². The van der Waals surface area contributed by atoms with Crippen molar-refractivity contribution in [3.05, 3.63) is 23.8 Å². The van der Waals surface area contributed by atoms with Crippen molar-refractivity contribution in [3.8, 4) is 0 Å². The zero-order valence-corrected chi connectivity index (χ0v) is 25.2. The second-order valence-electron chi connectivity index (χ2n) is 15.2. The van der Waals surface area contributed by atoms with Crippen LogP contribution in [0.1, 0.15) is 86.5 Å². The molecular weight excluding hydrogens is 476 g/mol. The lowest BCUT2D eigenvalue weighted by Crippen LogP contribution is -2.66. The van der Waals surface area contributed by atoms with Crippen molar-refractivity contribution < 1.29 is 23.8 Å². The molecule has 9 atom stereocenters. The highest BCUT2D eigenvalue weighted by molar-refractivity contribution is 5.96. The summed E-state index contributed by atoms with van der Waals surface area (Å²) in [4.78, 5) is 27.9. The number of hydrogen-bond acceptors (Lipinski definition) is 5. The van der Waals surface area contributed by atoms with E-state index in [1.807, 2.05) is 6.08 Å². The topological polar surface area (TPSA) is 61.8 Å². The van der Waals surface area contributed by atoms with Gasteiger partial charge in [0, 0.05) is 25.6 Å². The third-order valence-corrected chi connectivity index (χ3v) is 12.7. The van der Waals surface area contributed by atoms with Crippen LogP contribution in [0, 0.1) is 50.7 Å². The highest BCUT2D eigenvalue weighted by Gasteiger charge is 2.69. The molecule has 5 heteroatoms. The molecule has 0 aliphatic heterocycles. The van der Waals surface area contributed by atoms with Crippen molar-refractivity contribution in [1.29, 1.82) is 0 Å². The fourth-order valence-corrected chi connectivity index (χ4v) is 11.0. The Labute approximate surface area is 230 Å². The molecule has 212 valence electrons. The number of esters is 1. The van der Waals surface area contributed by atoms with Crippen molar-refractivity contribution in [2.45, 2.75) is 98.7 Å². The fourth-order valence-electron chi connectivity index (χ4n) is 11.0. The number of carbonyl (C=O) groups excluding carboxylic acids is 2. The standard InChI is InChI=1S/C33H50O5/c1-19-26(36-8)30(4,5)24-12-11-20-21(32(24,7)27(19)37-9)17-23(34)25-22-18-29(2,3)13-15-33(22,28(35)38-10)16-14-31(20,25)6/h17,20,22,24-27H,1,11-16,18H2,2-10H3/t20-,22+,24+,25+,26+,27-,31+,32-,33+/m1/s1. The average molecular weight is 527 g/mol. The van der Waals surface area contributed by atoms with Gasteiger partial charge in [-0.05, 0) is 90.6 Å². The summed E-state index contributed by atoms with van der Waals surface area (Å²) in [5.41, 5.74) is 1.14. The summed E-state index contributed by atoms with van der Waals surface area (Å²) in [6, 6.07) is 0. The molecule has 0 amide bonds. The van der Waals surface area contributed by atoms with E-state index < -0.39 is 5.41 Å². The molecule has 0 bridgehead atoms. The molecule has 0 radical (unpaired) electrons. The van der Waals surface area contributed by atoms with Crippen LogP contribution in [0.15, 0.2) is 23.8 Å². The molecule has 0 saturated heterocycles.